The van der Waals surface area contributed by atoms with Crippen molar-refractivity contribution in [2.75, 3.05) is 13.6 Å². The van der Waals surface area contributed by atoms with Crippen LogP contribution < -0.4 is 0 Å². The van der Waals surface area contributed by atoms with Crippen molar-refractivity contribution in [3.05, 3.63) is 24.3 Å². The minimum Gasteiger partial charge on any atom is -0.299 e. The Balaban J connectivity index is 2.21. The number of rotatable bonds is 8. The Bertz CT molecular complexity index is 518. The molecule has 0 unspecified atom stereocenters. The van der Waals surface area contributed by atoms with Gasteiger partial charge in [-0.3, -0.25) is 33.8 Å². The van der Waals surface area contributed by atoms with Gasteiger partial charge < -0.3 is 0 Å². The highest BCUT2D eigenvalue weighted by molar-refractivity contribution is 6.12. The maximum Gasteiger partial charge on any atom is 0.253 e. The molecule has 1 aliphatic heterocycles. The first kappa shape index (κ1) is 17.5. The van der Waals surface area contributed by atoms with Crippen LogP contribution in [0.15, 0.2) is 24.3 Å². The lowest BCUT2D eigenvalue weighted by Gasteiger charge is -2.14. The lowest BCUT2D eigenvalue weighted by atomic mass is 10.1. The van der Waals surface area contributed by atoms with Gasteiger partial charge in [-0.05, 0) is 18.9 Å². The summed E-state index contributed by atoms with van der Waals surface area (Å²) in [5, 5.41) is 0. The number of nitrogens with zero attached hydrogens (tertiary/aromatic N) is 2. The van der Waals surface area contributed by atoms with E-state index in [4.69, 9.17) is 0 Å². The summed E-state index contributed by atoms with van der Waals surface area (Å²) in [5.74, 6) is -1.51. The first-order valence-corrected chi connectivity index (χ1v) is 6.93. The van der Waals surface area contributed by atoms with Gasteiger partial charge in [0.2, 0.25) is 5.91 Å². The molecule has 0 aromatic rings. The molecule has 4 amide bonds. The number of hydrogen-bond donors (Lipinski definition) is 0. The number of carbonyl (C=O) groups is 5. The zero-order chi connectivity index (χ0) is 16.5. The molecule has 0 bridgehead atoms. The molecule has 1 heterocycles. The molecule has 0 saturated carbocycles. The number of carbonyl (C=O) groups excluding carboxylic acids is 5. The van der Waals surface area contributed by atoms with E-state index in [-0.39, 0.29) is 24.1 Å². The maximum absolute atomic E-state index is 11.7. The van der Waals surface area contributed by atoms with Crippen LogP contribution in [-0.4, -0.2) is 53.3 Å². The summed E-state index contributed by atoms with van der Waals surface area (Å²) in [6.07, 6.45) is 7.01. The molecule has 1 aliphatic rings. The van der Waals surface area contributed by atoms with Crippen molar-refractivity contribution in [2.24, 2.45) is 0 Å². The number of likely N-dealkylation sites (N-methyl/N-ethyl adjacent to an activating group) is 1. The summed E-state index contributed by atoms with van der Waals surface area (Å²) in [6.45, 7) is 0.329. The topological polar surface area (TPSA) is 91.8 Å². The average molecular weight is 306 g/mol. The van der Waals surface area contributed by atoms with Crippen LogP contribution in [0.1, 0.15) is 25.7 Å². The van der Waals surface area contributed by atoms with Crippen molar-refractivity contribution in [3.8, 4) is 0 Å². The summed E-state index contributed by atoms with van der Waals surface area (Å²) >= 11 is 0. The molecule has 118 valence electrons. The molecule has 0 saturated heterocycles. The minimum absolute atomic E-state index is 0.192. The van der Waals surface area contributed by atoms with Crippen LogP contribution in [-0.2, 0) is 24.0 Å². The predicted molar refractivity (Wildman–Crippen MR) is 77.3 cm³/mol. The van der Waals surface area contributed by atoms with Gasteiger partial charge in [0, 0.05) is 38.2 Å². The van der Waals surface area contributed by atoms with Crippen molar-refractivity contribution in [3.63, 3.8) is 0 Å². The van der Waals surface area contributed by atoms with Gasteiger partial charge in [-0.1, -0.05) is 6.42 Å². The quantitative estimate of drug-likeness (QED) is 0.277. The Morgan fingerprint density at radius 1 is 1.14 bits per heavy atom. The van der Waals surface area contributed by atoms with Gasteiger partial charge in [0.1, 0.15) is 6.29 Å². The Labute approximate surface area is 128 Å². The molecule has 0 atom stereocenters. The van der Waals surface area contributed by atoms with Crippen molar-refractivity contribution in [1.82, 2.24) is 9.80 Å². The third-order valence-corrected chi connectivity index (χ3v) is 3.19. The number of aldehydes is 1. The maximum atomic E-state index is 11.7. The summed E-state index contributed by atoms with van der Waals surface area (Å²) < 4.78 is 0. The molecule has 0 aromatic heterocycles. The Morgan fingerprint density at radius 2 is 1.77 bits per heavy atom. The Hall–Kier alpha value is -2.57. The normalized spacial score (nSPS) is 14.0. The molecule has 0 spiro atoms. The lowest BCUT2D eigenvalue weighted by Crippen LogP contribution is -2.32. The highest BCUT2D eigenvalue weighted by Crippen LogP contribution is 2.08. The van der Waals surface area contributed by atoms with Gasteiger partial charge in [0.15, 0.2) is 0 Å². The number of imide groups is 2. The van der Waals surface area contributed by atoms with Gasteiger partial charge in [-0.25, -0.2) is 0 Å². The molecule has 7 nitrogen and oxygen atoms in total. The predicted octanol–water partition coefficient (Wildman–Crippen LogP) is 0.212. The fourth-order valence-electron chi connectivity index (χ4n) is 1.90. The number of unbranched alkanes of at least 4 members (excludes halogenated alkanes) is 2. The van der Waals surface area contributed by atoms with Crippen LogP contribution in [0.25, 0.3) is 0 Å². The second-order valence-corrected chi connectivity index (χ2v) is 4.76. The molecule has 0 aliphatic carbocycles. The van der Waals surface area contributed by atoms with E-state index in [0.29, 0.717) is 32.1 Å². The average Bonchev–Trinajstić information content (AvgIpc) is 2.82. The van der Waals surface area contributed by atoms with E-state index in [1.54, 1.807) is 0 Å². The van der Waals surface area contributed by atoms with Crippen molar-refractivity contribution in [2.45, 2.75) is 25.7 Å². The standard InChI is InChI=1S/C15H18N2O5/c1-16(13(20)7-5-11-18)12(19)6-3-2-4-10-17-14(21)8-9-15(17)22/h5,7-9,11H,2-4,6,10H2,1H3/b7-5-. The highest BCUT2D eigenvalue weighted by Gasteiger charge is 2.22. The van der Waals surface area contributed by atoms with Crippen LogP contribution in [0.2, 0.25) is 0 Å². The van der Waals surface area contributed by atoms with E-state index in [2.05, 4.69) is 0 Å². The number of hydrogen-bond acceptors (Lipinski definition) is 5. The van der Waals surface area contributed by atoms with Crippen molar-refractivity contribution in [1.29, 1.82) is 0 Å². The van der Waals surface area contributed by atoms with Gasteiger partial charge >= 0.3 is 0 Å². The van der Waals surface area contributed by atoms with E-state index in [9.17, 15) is 24.0 Å². The summed E-state index contributed by atoms with van der Waals surface area (Å²) in [6, 6.07) is 0. The van der Waals surface area contributed by atoms with Crippen LogP contribution in [0.4, 0.5) is 0 Å². The molecule has 0 fully saturated rings. The smallest absolute Gasteiger partial charge is 0.253 e. The molecule has 0 radical (unpaired) electrons. The second kappa shape index (κ2) is 8.66. The summed E-state index contributed by atoms with van der Waals surface area (Å²) in [7, 11) is 1.35. The van der Waals surface area contributed by atoms with E-state index >= 15 is 0 Å². The van der Waals surface area contributed by atoms with Crippen LogP contribution >= 0.6 is 0 Å². The molecule has 7 heteroatoms. The molecule has 0 aromatic carbocycles. The first-order valence-electron chi connectivity index (χ1n) is 6.93. The third-order valence-electron chi connectivity index (χ3n) is 3.19. The number of amides is 4. The summed E-state index contributed by atoms with van der Waals surface area (Å²) in [4.78, 5) is 58.0. The third kappa shape index (κ3) is 5.08. The SMILES string of the molecule is CN(C(=O)/C=C\C=O)C(=O)CCCCCN1C(=O)C=CC1=O. The van der Waals surface area contributed by atoms with Crippen molar-refractivity contribution >= 4 is 29.9 Å². The fraction of sp³-hybridized carbons (Fsp3) is 0.400. The Morgan fingerprint density at radius 3 is 2.36 bits per heavy atom. The highest BCUT2D eigenvalue weighted by atomic mass is 16.2. The minimum atomic E-state index is -0.545. The molecule has 22 heavy (non-hydrogen) atoms. The molecular weight excluding hydrogens is 288 g/mol. The Kier molecular flexibility index (Phi) is 6.88. The van der Waals surface area contributed by atoms with E-state index in [1.807, 2.05) is 0 Å². The monoisotopic (exact) mass is 306 g/mol. The number of allylic oxidation sites excluding steroid dienone is 1. The lowest BCUT2D eigenvalue weighted by molar-refractivity contribution is -0.141. The van der Waals surface area contributed by atoms with Crippen molar-refractivity contribution < 1.29 is 24.0 Å². The van der Waals surface area contributed by atoms with Gasteiger partial charge in [0.25, 0.3) is 17.7 Å². The van der Waals surface area contributed by atoms with Gasteiger partial charge in [-0.15, -0.1) is 0 Å². The second-order valence-electron chi connectivity index (χ2n) is 4.76. The van der Waals surface area contributed by atoms with Gasteiger partial charge in [0.05, 0.1) is 0 Å². The van der Waals surface area contributed by atoms with E-state index in [1.165, 1.54) is 19.2 Å². The van der Waals surface area contributed by atoms with E-state index in [0.717, 1.165) is 22.0 Å². The molecule has 1 rings (SSSR count). The van der Waals surface area contributed by atoms with E-state index < -0.39 is 5.91 Å². The van der Waals surface area contributed by atoms with Crippen LogP contribution in [0, 0.1) is 0 Å². The zero-order valence-corrected chi connectivity index (χ0v) is 12.4. The summed E-state index contributed by atoms with van der Waals surface area (Å²) in [5.41, 5.74) is 0. The zero-order valence-electron chi connectivity index (χ0n) is 12.4. The molecule has 0 N–H and O–H groups in total. The van der Waals surface area contributed by atoms with Crippen LogP contribution in [0.3, 0.4) is 0 Å². The first-order chi connectivity index (χ1) is 10.5. The van der Waals surface area contributed by atoms with Gasteiger partial charge in [-0.2, -0.15) is 0 Å². The van der Waals surface area contributed by atoms with Crippen LogP contribution in [0.5, 0.6) is 0 Å². The largest absolute Gasteiger partial charge is 0.299 e. The fourth-order valence-corrected chi connectivity index (χ4v) is 1.90. The molecular formula is C15H18N2O5.